The number of thioether (sulfide) groups is 1. The average molecular weight is 1310 g/mol. The Labute approximate surface area is 543 Å². The zero-order valence-electron chi connectivity index (χ0n) is 53.0. The lowest BCUT2D eigenvalue weighted by Gasteiger charge is -2.07. The Balaban J connectivity index is 0.000000121. The summed E-state index contributed by atoms with van der Waals surface area (Å²) in [6.07, 6.45) is 26.1. The minimum atomic E-state index is -3.10. The van der Waals surface area contributed by atoms with Gasteiger partial charge in [0.15, 0.2) is 22.6 Å². The van der Waals surface area contributed by atoms with Gasteiger partial charge in [0.2, 0.25) is 16.8 Å². The van der Waals surface area contributed by atoms with E-state index in [1.165, 1.54) is 30.9 Å². The highest BCUT2D eigenvalue weighted by molar-refractivity contribution is 7.98. The lowest BCUT2D eigenvalue weighted by Crippen LogP contribution is -2.19. The van der Waals surface area contributed by atoms with Crippen molar-refractivity contribution < 1.29 is 23.1 Å². The molecule has 0 aliphatic carbocycles. The zero-order chi connectivity index (χ0) is 66.9. The van der Waals surface area contributed by atoms with E-state index in [1.807, 2.05) is 121 Å². The molecule has 1 amide bonds. The standard InChI is InChI=1S/C16H15FN4O.C13H16N6O.C12H13N5.C11H10F2N6.C10H10N6S/c1-3-12-8-20-16-19-7-11(9-21(12)16)10-4-5-13(14(17)6-10)15(22)18-2;1-2-19-13-12(16-17-19)5-4-11(15-13)10-8-14-18(9-10)6-3-7-20;1-3-10-7-13-12-5-4-11(15-17(10)12)9-6-14-16(2)8-9;1-11(12,13)10-16-15-9-4-3-8(17-19(9)10)7-5-14-18(2)6-7;1-15-6-7(5-11-15)8-3-4-9-12-13-10(17-2)16(9)14-8/h4-9H,3H2,1-2H3,(H,18,22);4-5,8-9,20H,2-3,6-7H2,1H3;4-8H,3H2,1-2H3;3-6H,1-2H3;3-6H,1-2H3. The van der Waals surface area contributed by atoms with Gasteiger partial charge in [-0.15, -0.1) is 25.5 Å². The maximum Gasteiger partial charge on any atom is 0.305 e. The molecule has 0 fully saturated rings. The molecule has 486 valence electrons. The molecular weight excluding hydrogens is 1240 g/mol. The first kappa shape index (κ1) is 65.0. The molecule has 95 heavy (non-hydrogen) atoms. The number of aliphatic hydroxyl groups excluding tert-OH is 1. The van der Waals surface area contributed by atoms with Crippen molar-refractivity contribution in [3.05, 3.63) is 170 Å². The normalized spacial score (nSPS) is 11.3. The van der Waals surface area contributed by atoms with Crippen molar-refractivity contribution in [1.82, 2.24) is 133 Å². The van der Waals surface area contributed by atoms with E-state index >= 15 is 0 Å². The largest absolute Gasteiger partial charge is 0.396 e. The molecule has 0 bridgehead atoms. The molecule has 0 aliphatic heterocycles. The van der Waals surface area contributed by atoms with Crippen LogP contribution in [-0.4, -0.2) is 159 Å². The molecule has 15 rings (SSSR count). The summed E-state index contributed by atoms with van der Waals surface area (Å²) >= 11 is 1.52. The predicted molar refractivity (Wildman–Crippen MR) is 347 cm³/mol. The van der Waals surface area contributed by atoms with Crippen molar-refractivity contribution in [2.75, 3.05) is 19.9 Å². The summed E-state index contributed by atoms with van der Waals surface area (Å²) < 4.78 is 56.1. The van der Waals surface area contributed by atoms with Crippen LogP contribution in [0.3, 0.4) is 0 Å². The van der Waals surface area contributed by atoms with Crippen LogP contribution in [0.15, 0.2) is 146 Å². The minimum Gasteiger partial charge on any atom is -0.396 e. The van der Waals surface area contributed by atoms with Gasteiger partial charge in [-0.1, -0.05) is 36.9 Å². The van der Waals surface area contributed by atoms with Crippen molar-refractivity contribution in [1.29, 1.82) is 0 Å². The molecule has 0 atom stereocenters. The van der Waals surface area contributed by atoms with Gasteiger partial charge in [0.1, 0.15) is 11.3 Å². The van der Waals surface area contributed by atoms with Crippen molar-refractivity contribution >= 4 is 51.6 Å². The first-order valence-electron chi connectivity index (χ1n) is 29.8. The molecular formula is C62H64F3N27O2S. The highest BCUT2D eigenvalue weighted by Crippen LogP contribution is 2.28. The van der Waals surface area contributed by atoms with E-state index in [-0.39, 0.29) is 17.8 Å². The number of imidazole rings is 2. The van der Waals surface area contributed by atoms with E-state index in [9.17, 15) is 18.0 Å². The van der Waals surface area contributed by atoms with Crippen LogP contribution < -0.4 is 5.32 Å². The fraction of sp³-hybridized carbons (Fsp3) is 0.258. The second kappa shape index (κ2) is 28.6. The molecule has 14 heterocycles. The van der Waals surface area contributed by atoms with Gasteiger partial charge in [0, 0.05) is 126 Å². The molecule has 0 saturated heterocycles. The number of rotatable bonds is 14. The fourth-order valence-electron chi connectivity index (χ4n) is 9.67. The van der Waals surface area contributed by atoms with Gasteiger partial charge in [0.05, 0.1) is 71.2 Å². The van der Waals surface area contributed by atoms with Crippen LogP contribution in [0.2, 0.25) is 0 Å². The Kier molecular flexibility index (Phi) is 19.6. The van der Waals surface area contributed by atoms with Gasteiger partial charge in [-0.05, 0) is 98.7 Å². The van der Waals surface area contributed by atoms with E-state index in [4.69, 9.17) is 5.11 Å². The molecule has 1 aromatic carbocycles. The quantitative estimate of drug-likeness (QED) is 0.0970. The van der Waals surface area contributed by atoms with E-state index < -0.39 is 23.5 Å². The fourth-order valence-corrected chi connectivity index (χ4v) is 10.1. The van der Waals surface area contributed by atoms with Gasteiger partial charge in [-0.25, -0.2) is 33.5 Å². The highest BCUT2D eigenvalue weighted by atomic mass is 32.2. The van der Waals surface area contributed by atoms with Crippen molar-refractivity contribution in [3.63, 3.8) is 0 Å². The number of carbonyl (C=O) groups excluding carboxylic acids is 1. The van der Waals surface area contributed by atoms with Crippen LogP contribution in [0, 0.1) is 5.82 Å². The maximum absolute atomic E-state index is 14.1. The summed E-state index contributed by atoms with van der Waals surface area (Å²) in [5.74, 6) is -3.96. The molecule has 0 radical (unpaired) electrons. The number of hydrogen-bond donors (Lipinski definition) is 2. The van der Waals surface area contributed by atoms with Gasteiger partial charge in [-0.2, -0.15) is 53.5 Å². The molecule has 14 aromatic heterocycles. The summed E-state index contributed by atoms with van der Waals surface area (Å²) in [5, 5.41) is 65.2. The predicted octanol–water partition coefficient (Wildman–Crippen LogP) is 8.12. The van der Waals surface area contributed by atoms with Crippen molar-refractivity contribution in [2.24, 2.45) is 21.1 Å². The number of alkyl halides is 2. The van der Waals surface area contributed by atoms with Crippen LogP contribution in [0.4, 0.5) is 13.2 Å². The van der Waals surface area contributed by atoms with Crippen molar-refractivity contribution in [3.8, 4) is 56.2 Å². The lowest BCUT2D eigenvalue weighted by atomic mass is 10.1. The Morgan fingerprint density at radius 3 is 1.77 bits per heavy atom. The molecule has 15 aromatic rings. The third kappa shape index (κ3) is 14.6. The number of aromatic nitrogens is 26. The number of benzene rings is 1. The molecule has 0 unspecified atom stereocenters. The monoisotopic (exact) mass is 1310 g/mol. The third-order valence-electron chi connectivity index (χ3n) is 14.6. The number of aliphatic hydroxyl groups is 1. The number of amides is 1. The molecule has 0 spiro atoms. The summed E-state index contributed by atoms with van der Waals surface area (Å²) in [5.41, 5.74) is 14.0. The summed E-state index contributed by atoms with van der Waals surface area (Å²) in [6.45, 7) is 8.52. The Morgan fingerprint density at radius 2 is 1.18 bits per heavy atom. The average Bonchev–Trinajstić information content (AvgIpc) is 2.02. The minimum absolute atomic E-state index is 0.0252. The van der Waals surface area contributed by atoms with Gasteiger partial charge in [0.25, 0.3) is 5.91 Å². The zero-order valence-corrected chi connectivity index (χ0v) is 53.9. The van der Waals surface area contributed by atoms with E-state index in [0.717, 1.165) is 115 Å². The number of pyridine rings is 1. The lowest BCUT2D eigenvalue weighted by molar-refractivity contribution is 0.00562. The molecule has 0 aliphatic rings. The number of hydrogen-bond acceptors (Lipinski definition) is 20. The van der Waals surface area contributed by atoms with Crippen LogP contribution in [0.1, 0.15) is 61.7 Å². The Hall–Kier alpha value is -11.5. The molecule has 2 N–H and O–H groups in total. The highest BCUT2D eigenvalue weighted by Gasteiger charge is 2.32. The number of carbonyl (C=O) groups is 1. The first-order valence-corrected chi connectivity index (χ1v) is 31.0. The smallest absolute Gasteiger partial charge is 0.305 e. The number of fused-ring (bicyclic) bond motifs is 5. The number of halogens is 3. The van der Waals surface area contributed by atoms with E-state index in [2.05, 4.69) is 98.6 Å². The Bertz CT molecular complexity index is 5000. The third-order valence-corrected chi connectivity index (χ3v) is 15.2. The van der Waals surface area contributed by atoms with E-state index in [0.29, 0.717) is 30.0 Å². The Morgan fingerprint density at radius 1 is 0.600 bits per heavy atom. The summed E-state index contributed by atoms with van der Waals surface area (Å²) in [7, 11) is 7.02. The van der Waals surface area contributed by atoms with Crippen LogP contribution in [0.25, 0.3) is 90.0 Å². The number of nitrogens with one attached hydrogen (secondary N) is 1. The van der Waals surface area contributed by atoms with Crippen LogP contribution >= 0.6 is 11.8 Å². The second-order valence-corrected chi connectivity index (χ2v) is 22.1. The van der Waals surface area contributed by atoms with Gasteiger partial charge in [-0.3, -0.25) is 27.9 Å². The van der Waals surface area contributed by atoms with Gasteiger partial charge < -0.3 is 10.4 Å². The van der Waals surface area contributed by atoms with Gasteiger partial charge >= 0.3 is 5.92 Å². The maximum atomic E-state index is 14.1. The molecule has 33 heteroatoms. The van der Waals surface area contributed by atoms with Crippen LogP contribution in [0.5, 0.6) is 0 Å². The number of aryl methyl sites for hydroxylation is 7. The first-order chi connectivity index (χ1) is 45.9. The number of nitrogens with zero attached hydrogens (tertiary/aromatic N) is 26. The van der Waals surface area contributed by atoms with E-state index in [1.54, 1.807) is 85.7 Å². The SMILES string of the molecule is CCc1cnc2ccc(-c3cnn(C)c3)nn12.CCc1cnc2ncc(-c3ccc(C(=O)NC)c(F)c3)cn12.CCn1nnc2ccc(-c3cnn(CCCO)c3)nc21.CSc1nnc2ccc(-c3cnn(C)c3)nn12.Cn1cc(-c2ccc3nnc(C(C)(F)F)n3n2)cn1. The summed E-state index contributed by atoms with van der Waals surface area (Å²) in [4.78, 5) is 28.9. The summed E-state index contributed by atoms with van der Waals surface area (Å²) in [6, 6.07) is 19.4. The second-order valence-electron chi connectivity index (χ2n) is 21.3. The van der Waals surface area contributed by atoms with Crippen molar-refractivity contribution in [2.45, 2.75) is 71.1 Å². The topological polar surface area (TPSA) is 311 Å². The molecule has 29 nitrogen and oxygen atoms in total. The van der Waals surface area contributed by atoms with Crippen LogP contribution in [-0.2, 0) is 53.0 Å². The molecule has 0 saturated carbocycles.